The molecule has 1 aliphatic carbocycles. The molecule has 1 heterocycles. The van der Waals surface area contributed by atoms with Crippen molar-refractivity contribution in [3.8, 4) is 0 Å². The second-order valence-electron chi connectivity index (χ2n) is 4.36. The number of rotatable bonds is 2. The summed E-state index contributed by atoms with van der Waals surface area (Å²) in [6, 6.07) is 0.191. The van der Waals surface area contributed by atoms with E-state index in [-0.39, 0.29) is 16.7 Å². The average molecular weight is 236 g/mol. The Kier molecular flexibility index (Phi) is 3.23. The predicted octanol–water partition coefficient (Wildman–Crippen LogP) is 1.61. The maximum absolute atomic E-state index is 10.9. The number of nitro groups is 1. The van der Waals surface area contributed by atoms with Gasteiger partial charge in [0.25, 0.3) is 0 Å². The maximum Gasteiger partial charge on any atom is 0.314 e. The van der Waals surface area contributed by atoms with Crippen LogP contribution in [0.15, 0.2) is 12.3 Å². The van der Waals surface area contributed by atoms with E-state index in [9.17, 15) is 10.1 Å². The zero-order valence-electron chi connectivity index (χ0n) is 9.80. The van der Waals surface area contributed by atoms with E-state index in [0.29, 0.717) is 5.69 Å². The Labute approximate surface area is 99.3 Å². The van der Waals surface area contributed by atoms with E-state index in [1.165, 1.54) is 6.20 Å². The van der Waals surface area contributed by atoms with Gasteiger partial charge in [0.2, 0.25) is 0 Å². The standard InChI is InChI=1S/C11H16N4O2/c1-14-11(10(7-13-14)15(16)17)8-3-2-4-9(12)6-5-8/h3,7,9H,2,4-6,12H2,1H3. The van der Waals surface area contributed by atoms with Gasteiger partial charge in [-0.05, 0) is 31.3 Å². The Bertz CT molecular complexity index is 464. The fraction of sp³-hybridized carbons (Fsp3) is 0.545. The first-order valence-corrected chi connectivity index (χ1v) is 5.71. The molecule has 0 fully saturated rings. The summed E-state index contributed by atoms with van der Waals surface area (Å²) in [5, 5.41) is 14.9. The van der Waals surface area contributed by atoms with E-state index in [4.69, 9.17) is 5.73 Å². The first kappa shape index (κ1) is 11.8. The van der Waals surface area contributed by atoms with E-state index in [1.54, 1.807) is 11.7 Å². The molecule has 0 aromatic carbocycles. The number of nitrogens with zero attached hydrogens (tertiary/aromatic N) is 3. The minimum atomic E-state index is -0.381. The van der Waals surface area contributed by atoms with Crippen LogP contribution in [0.2, 0.25) is 0 Å². The molecule has 0 saturated carbocycles. The zero-order chi connectivity index (χ0) is 12.4. The molecule has 6 nitrogen and oxygen atoms in total. The second kappa shape index (κ2) is 4.67. The summed E-state index contributed by atoms with van der Waals surface area (Å²) >= 11 is 0. The van der Waals surface area contributed by atoms with Gasteiger partial charge in [-0.15, -0.1) is 0 Å². The molecule has 0 aliphatic heterocycles. The lowest BCUT2D eigenvalue weighted by Crippen LogP contribution is -2.18. The SMILES string of the molecule is Cn1ncc([N+](=O)[O-])c1C1=CCCC(N)CC1. The molecule has 1 aliphatic rings. The molecule has 92 valence electrons. The molecular weight excluding hydrogens is 220 g/mol. The lowest BCUT2D eigenvalue weighted by Gasteiger charge is -2.07. The lowest BCUT2D eigenvalue weighted by atomic mass is 10.0. The molecule has 1 atom stereocenters. The van der Waals surface area contributed by atoms with Gasteiger partial charge in [0.15, 0.2) is 0 Å². The van der Waals surface area contributed by atoms with Crippen molar-refractivity contribution in [2.45, 2.75) is 31.7 Å². The summed E-state index contributed by atoms with van der Waals surface area (Å²) in [6.45, 7) is 0. The van der Waals surface area contributed by atoms with E-state index < -0.39 is 0 Å². The molecule has 0 amide bonds. The molecule has 0 saturated heterocycles. The van der Waals surface area contributed by atoms with Crippen LogP contribution < -0.4 is 5.73 Å². The van der Waals surface area contributed by atoms with Crippen molar-refractivity contribution < 1.29 is 4.92 Å². The molecule has 2 N–H and O–H groups in total. The third-order valence-electron chi connectivity index (χ3n) is 3.13. The van der Waals surface area contributed by atoms with Crippen molar-refractivity contribution in [2.75, 3.05) is 0 Å². The Balaban J connectivity index is 2.36. The smallest absolute Gasteiger partial charge is 0.314 e. The normalized spacial score (nSPS) is 20.8. The largest absolute Gasteiger partial charge is 0.328 e. The molecule has 0 spiro atoms. The summed E-state index contributed by atoms with van der Waals surface area (Å²) in [7, 11) is 1.73. The molecule has 0 radical (unpaired) electrons. The highest BCUT2D eigenvalue weighted by atomic mass is 16.6. The third-order valence-corrected chi connectivity index (χ3v) is 3.13. The highest BCUT2D eigenvalue weighted by Crippen LogP contribution is 2.31. The van der Waals surface area contributed by atoms with Gasteiger partial charge in [0.05, 0.1) is 4.92 Å². The van der Waals surface area contributed by atoms with E-state index in [1.807, 2.05) is 0 Å². The van der Waals surface area contributed by atoms with Crippen molar-refractivity contribution in [3.63, 3.8) is 0 Å². The summed E-state index contributed by atoms with van der Waals surface area (Å²) in [5.41, 5.74) is 7.58. The summed E-state index contributed by atoms with van der Waals surface area (Å²) in [5.74, 6) is 0. The van der Waals surface area contributed by atoms with Crippen LogP contribution in [-0.4, -0.2) is 20.7 Å². The fourth-order valence-electron chi connectivity index (χ4n) is 2.21. The number of aromatic nitrogens is 2. The number of hydrogen-bond donors (Lipinski definition) is 1. The first-order chi connectivity index (χ1) is 8.09. The second-order valence-corrected chi connectivity index (χ2v) is 4.36. The summed E-state index contributed by atoms with van der Waals surface area (Å²) in [4.78, 5) is 10.5. The van der Waals surface area contributed by atoms with Crippen LogP contribution in [0.1, 0.15) is 31.4 Å². The fourth-order valence-corrected chi connectivity index (χ4v) is 2.21. The van der Waals surface area contributed by atoms with Crippen LogP contribution in [0.5, 0.6) is 0 Å². The molecule has 1 aromatic rings. The third kappa shape index (κ3) is 2.36. The van der Waals surface area contributed by atoms with Gasteiger partial charge in [0.1, 0.15) is 11.9 Å². The Morgan fingerprint density at radius 3 is 3.06 bits per heavy atom. The van der Waals surface area contributed by atoms with Crippen LogP contribution in [-0.2, 0) is 7.05 Å². The maximum atomic E-state index is 10.9. The average Bonchev–Trinajstić information content (AvgIpc) is 2.52. The van der Waals surface area contributed by atoms with Gasteiger partial charge in [-0.3, -0.25) is 14.8 Å². The summed E-state index contributed by atoms with van der Waals surface area (Å²) in [6.07, 6.45) is 6.82. The van der Waals surface area contributed by atoms with Gasteiger partial charge in [0, 0.05) is 13.1 Å². The molecule has 1 unspecified atom stereocenters. The van der Waals surface area contributed by atoms with Crippen molar-refractivity contribution in [1.82, 2.24) is 9.78 Å². The van der Waals surface area contributed by atoms with E-state index in [0.717, 1.165) is 31.3 Å². The van der Waals surface area contributed by atoms with Crippen molar-refractivity contribution in [3.05, 3.63) is 28.1 Å². The van der Waals surface area contributed by atoms with Gasteiger partial charge in [-0.1, -0.05) is 6.08 Å². The van der Waals surface area contributed by atoms with Gasteiger partial charge in [-0.2, -0.15) is 5.10 Å². The lowest BCUT2D eigenvalue weighted by molar-refractivity contribution is -0.385. The Hall–Kier alpha value is -1.69. The van der Waals surface area contributed by atoms with Crippen LogP contribution in [0.4, 0.5) is 5.69 Å². The highest BCUT2D eigenvalue weighted by Gasteiger charge is 2.23. The van der Waals surface area contributed by atoms with Gasteiger partial charge in [-0.25, -0.2) is 0 Å². The van der Waals surface area contributed by atoms with E-state index >= 15 is 0 Å². The quantitative estimate of drug-likeness (QED) is 0.624. The molecular formula is C11H16N4O2. The van der Waals surface area contributed by atoms with Crippen LogP contribution >= 0.6 is 0 Å². The summed E-state index contributed by atoms with van der Waals surface area (Å²) < 4.78 is 1.57. The molecule has 2 rings (SSSR count). The van der Waals surface area contributed by atoms with Crippen LogP contribution in [0.3, 0.4) is 0 Å². The topological polar surface area (TPSA) is 87.0 Å². The first-order valence-electron chi connectivity index (χ1n) is 5.71. The monoisotopic (exact) mass is 236 g/mol. The van der Waals surface area contributed by atoms with Crippen molar-refractivity contribution >= 4 is 11.3 Å². The van der Waals surface area contributed by atoms with Crippen LogP contribution in [0.25, 0.3) is 5.57 Å². The minimum absolute atomic E-state index is 0.0780. The van der Waals surface area contributed by atoms with E-state index in [2.05, 4.69) is 11.2 Å². The molecule has 1 aromatic heterocycles. The van der Waals surface area contributed by atoms with Crippen molar-refractivity contribution in [2.24, 2.45) is 12.8 Å². The highest BCUT2D eigenvalue weighted by molar-refractivity contribution is 5.70. The van der Waals surface area contributed by atoms with Crippen molar-refractivity contribution in [1.29, 1.82) is 0 Å². The molecule has 17 heavy (non-hydrogen) atoms. The Morgan fingerprint density at radius 1 is 1.59 bits per heavy atom. The number of hydrogen-bond acceptors (Lipinski definition) is 4. The number of aryl methyl sites for hydroxylation is 1. The number of nitrogens with two attached hydrogens (primary N) is 1. The predicted molar refractivity (Wildman–Crippen MR) is 64.3 cm³/mol. The van der Waals surface area contributed by atoms with Gasteiger partial charge >= 0.3 is 5.69 Å². The molecule has 6 heteroatoms. The molecule has 0 bridgehead atoms. The number of allylic oxidation sites excluding steroid dienone is 2. The van der Waals surface area contributed by atoms with Gasteiger partial charge < -0.3 is 5.73 Å². The van der Waals surface area contributed by atoms with Crippen LogP contribution in [0, 0.1) is 10.1 Å². The minimum Gasteiger partial charge on any atom is -0.328 e. The zero-order valence-corrected chi connectivity index (χ0v) is 9.80. The Morgan fingerprint density at radius 2 is 2.35 bits per heavy atom.